The van der Waals surface area contributed by atoms with Gasteiger partial charge in [0.05, 0.1) is 12.4 Å². The molecule has 0 aromatic carbocycles. The molecule has 2 heterocycles. The second kappa shape index (κ2) is 6.00. The number of H-pyrrole nitrogens is 1. The quantitative estimate of drug-likeness (QED) is 0.887. The second-order valence-electron chi connectivity index (χ2n) is 5.96. The summed E-state index contributed by atoms with van der Waals surface area (Å²) in [5.74, 6) is 1.73. The summed E-state index contributed by atoms with van der Waals surface area (Å²) in [5, 5.41) is 0. The fourth-order valence-electron chi connectivity index (χ4n) is 2.69. The number of aromatic nitrogens is 4. The van der Waals surface area contributed by atoms with Crippen molar-refractivity contribution in [3.05, 3.63) is 17.6 Å². The normalized spacial score (nSPS) is 16.3. The fourth-order valence-corrected chi connectivity index (χ4v) is 2.69. The van der Waals surface area contributed by atoms with Gasteiger partial charge in [0.25, 0.3) is 0 Å². The van der Waals surface area contributed by atoms with Gasteiger partial charge in [-0.25, -0.2) is 9.97 Å². The molecule has 0 saturated heterocycles. The highest BCUT2D eigenvalue weighted by Crippen LogP contribution is 2.38. The van der Waals surface area contributed by atoms with Gasteiger partial charge in [0.2, 0.25) is 0 Å². The molecule has 1 aliphatic rings. The molecule has 0 atom stereocenters. The molecule has 0 radical (unpaired) electrons. The van der Waals surface area contributed by atoms with Gasteiger partial charge < -0.3 is 9.55 Å². The Kier molecular flexibility index (Phi) is 4.08. The molecule has 1 N–H and O–H groups in total. The van der Waals surface area contributed by atoms with E-state index in [1.165, 1.54) is 12.8 Å². The average Bonchev–Trinajstić information content (AvgIpc) is 3.25. The van der Waals surface area contributed by atoms with Crippen LogP contribution in [0.3, 0.4) is 0 Å². The number of rotatable bonds is 6. The van der Waals surface area contributed by atoms with Crippen LogP contribution in [0.5, 0.6) is 0 Å². The zero-order chi connectivity index (χ0) is 14.8. The molecule has 5 heteroatoms. The summed E-state index contributed by atoms with van der Waals surface area (Å²) < 4.78 is 2.14. The zero-order valence-electron chi connectivity index (χ0n) is 13.3. The Labute approximate surface area is 125 Å². The van der Waals surface area contributed by atoms with E-state index in [0.29, 0.717) is 12.0 Å². The van der Waals surface area contributed by atoms with Crippen molar-refractivity contribution in [2.45, 2.75) is 71.4 Å². The molecule has 114 valence electrons. The molecule has 0 bridgehead atoms. The van der Waals surface area contributed by atoms with Gasteiger partial charge in [-0.2, -0.15) is 0 Å². The lowest BCUT2D eigenvalue weighted by molar-refractivity contribution is 0.609. The maximum atomic E-state index is 4.82. The van der Waals surface area contributed by atoms with Crippen molar-refractivity contribution >= 4 is 11.2 Å². The first-order valence-electron chi connectivity index (χ1n) is 8.25. The van der Waals surface area contributed by atoms with Crippen LogP contribution in [0, 0.1) is 0 Å². The largest absolute Gasteiger partial charge is 0.337 e. The van der Waals surface area contributed by atoms with Crippen LogP contribution < -0.4 is 5.49 Å². The summed E-state index contributed by atoms with van der Waals surface area (Å²) in [5.41, 5.74) is 2.85. The summed E-state index contributed by atoms with van der Waals surface area (Å²) in [6.07, 6.45) is 7.57. The van der Waals surface area contributed by atoms with Crippen molar-refractivity contribution in [2.24, 2.45) is 4.99 Å². The second-order valence-corrected chi connectivity index (χ2v) is 5.96. The Morgan fingerprint density at radius 2 is 2.10 bits per heavy atom. The van der Waals surface area contributed by atoms with Gasteiger partial charge in [0.15, 0.2) is 11.1 Å². The Balaban J connectivity index is 2.14. The molecule has 2 aromatic heterocycles. The number of imidazole rings is 1. The lowest BCUT2D eigenvalue weighted by Gasteiger charge is -2.07. The summed E-state index contributed by atoms with van der Waals surface area (Å²) in [6.45, 7) is 7.48. The van der Waals surface area contributed by atoms with Gasteiger partial charge in [-0.1, -0.05) is 20.8 Å². The maximum Gasteiger partial charge on any atom is 0.176 e. The van der Waals surface area contributed by atoms with E-state index in [1.807, 2.05) is 6.33 Å². The SMILES string of the molecule is CCCn1cnc(=NC(CC)CC)c2[nH]c(C3CC3)nc21. The van der Waals surface area contributed by atoms with Crippen molar-refractivity contribution in [1.29, 1.82) is 0 Å². The number of nitrogens with one attached hydrogen (secondary N) is 1. The zero-order valence-corrected chi connectivity index (χ0v) is 13.3. The minimum absolute atomic E-state index is 0.343. The average molecular weight is 287 g/mol. The van der Waals surface area contributed by atoms with Crippen LogP contribution in [0.2, 0.25) is 0 Å². The van der Waals surface area contributed by atoms with Crippen LogP contribution in [0.1, 0.15) is 64.6 Å². The number of aromatic amines is 1. The van der Waals surface area contributed by atoms with Gasteiger partial charge >= 0.3 is 0 Å². The Hall–Kier alpha value is -1.65. The van der Waals surface area contributed by atoms with E-state index in [2.05, 4.69) is 35.3 Å². The summed E-state index contributed by atoms with van der Waals surface area (Å²) in [6, 6.07) is 0.343. The lowest BCUT2D eigenvalue weighted by atomic mass is 10.2. The smallest absolute Gasteiger partial charge is 0.176 e. The van der Waals surface area contributed by atoms with Crippen molar-refractivity contribution in [2.75, 3.05) is 0 Å². The van der Waals surface area contributed by atoms with E-state index < -0.39 is 0 Å². The number of aryl methyl sites for hydroxylation is 1. The molecule has 0 unspecified atom stereocenters. The molecule has 0 spiro atoms. The molecule has 1 aliphatic carbocycles. The van der Waals surface area contributed by atoms with Crippen LogP contribution in [-0.2, 0) is 6.54 Å². The van der Waals surface area contributed by atoms with Crippen LogP contribution >= 0.6 is 0 Å². The Morgan fingerprint density at radius 3 is 2.71 bits per heavy atom. The van der Waals surface area contributed by atoms with Crippen LogP contribution in [0.25, 0.3) is 11.2 Å². The maximum absolute atomic E-state index is 4.82. The highest BCUT2D eigenvalue weighted by atomic mass is 15.1. The van der Waals surface area contributed by atoms with Crippen molar-refractivity contribution in [3.63, 3.8) is 0 Å². The number of hydrogen-bond acceptors (Lipinski definition) is 3. The van der Waals surface area contributed by atoms with Crippen LogP contribution in [0.15, 0.2) is 11.3 Å². The highest BCUT2D eigenvalue weighted by Gasteiger charge is 2.27. The van der Waals surface area contributed by atoms with E-state index in [0.717, 1.165) is 48.3 Å². The molecule has 0 aliphatic heterocycles. The van der Waals surface area contributed by atoms with Gasteiger partial charge in [0, 0.05) is 12.5 Å². The minimum atomic E-state index is 0.343. The molecular weight excluding hydrogens is 262 g/mol. The monoisotopic (exact) mass is 287 g/mol. The first kappa shape index (κ1) is 14.3. The van der Waals surface area contributed by atoms with Gasteiger partial charge in [0.1, 0.15) is 11.3 Å². The van der Waals surface area contributed by atoms with E-state index >= 15 is 0 Å². The van der Waals surface area contributed by atoms with Crippen molar-refractivity contribution in [3.8, 4) is 0 Å². The van der Waals surface area contributed by atoms with E-state index in [4.69, 9.17) is 9.98 Å². The third kappa shape index (κ3) is 2.87. The first-order valence-corrected chi connectivity index (χ1v) is 8.25. The molecule has 0 amide bonds. The van der Waals surface area contributed by atoms with E-state index in [1.54, 1.807) is 0 Å². The summed E-state index contributed by atoms with van der Waals surface area (Å²) in [7, 11) is 0. The first-order chi connectivity index (χ1) is 10.3. The minimum Gasteiger partial charge on any atom is -0.337 e. The molecular formula is C16H25N5. The van der Waals surface area contributed by atoms with Crippen molar-refractivity contribution < 1.29 is 0 Å². The molecule has 2 aromatic rings. The number of fused-ring (bicyclic) bond motifs is 1. The molecule has 5 nitrogen and oxygen atoms in total. The van der Waals surface area contributed by atoms with Gasteiger partial charge in [-0.05, 0) is 32.1 Å². The third-order valence-corrected chi connectivity index (χ3v) is 4.19. The summed E-state index contributed by atoms with van der Waals surface area (Å²) in [4.78, 5) is 17.7. The molecule has 1 saturated carbocycles. The summed E-state index contributed by atoms with van der Waals surface area (Å²) >= 11 is 0. The van der Waals surface area contributed by atoms with Crippen molar-refractivity contribution in [1.82, 2.24) is 19.5 Å². The van der Waals surface area contributed by atoms with Gasteiger partial charge in [-0.15, -0.1) is 0 Å². The Bertz CT molecular complexity index is 674. The van der Waals surface area contributed by atoms with Crippen LogP contribution in [-0.4, -0.2) is 25.6 Å². The molecule has 1 fully saturated rings. The lowest BCUT2D eigenvalue weighted by Crippen LogP contribution is -2.18. The van der Waals surface area contributed by atoms with Gasteiger partial charge in [-0.3, -0.25) is 4.99 Å². The van der Waals surface area contributed by atoms with Crippen LogP contribution in [0.4, 0.5) is 0 Å². The highest BCUT2D eigenvalue weighted by molar-refractivity contribution is 5.69. The number of hydrogen-bond donors (Lipinski definition) is 1. The van der Waals surface area contributed by atoms with E-state index in [9.17, 15) is 0 Å². The topological polar surface area (TPSA) is 58.9 Å². The molecule has 21 heavy (non-hydrogen) atoms. The standard InChI is InChI=1S/C16H25N5/c1-4-9-21-10-17-15(18-12(5-2)6-3)13-16(21)20-14(19-13)11-7-8-11/h10-12H,4-9H2,1-3H3,(H,19,20). The number of nitrogens with zero attached hydrogens (tertiary/aromatic N) is 4. The third-order valence-electron chi connectivity index (χ3n) is 4.19. The Morgan fingerprint density at radius 1 is 1.33 bits per heavy atom. The fraction of sp³-hybridized carbons (Fsp3) is 0.688. The predicted octanol–water partition coefficient (Wildman–Crippen LogP) is 3.14. The molecule has 3 rings (SSSR count). The predicted molar refractivity (Wildman–Crippen MR) is 84.1 cm³/mol. The van der Waals surface area contributed by atoms with E-state index in [-0.39, 0.29) is 0 Å².